The lowest BCUT2D eigenvalue weighted by atomic mass is 10.1. The van der Waals surface area contributed by atoms with Crippen molar-refractivity contribution in [3.63, 3.8) is 0 Å². The molecule has 0 atom stereocenters. The number of nitrogens with two attached hydrogens (primary N) is 2. The first-order valence-corrected chi connectivity index (χ1v) is 5.02. The van der Waals surface area contributed by atoms with E-state index in [0.717, 1.165) is 5.69 Å². The fourth-order valence-electron chi connectivity index (χ4n) is 1.44. The number of hydrogen-bond donors (Lipinski definition) is 3. The highest BCUT2D eigenvalue weighted by Gasteiger charge is 2.08. The number of amides is 1. The Labute approximate surface area is 94.5 Å². The molecule has 0 radical (unpaired) electrons. The maximum atomic E-state index is 10.9. The van der Waals surface area contributed by atoms with Gasteiger partial charge in [-0.25, -0.2) is 0 Å². The number of likely N-dealkylation sites (N-methyl/N-ethyl adjacent to an activating group) is 1. The third-order valence-corrected chi connectivity index (χ3v) is 2.25. The second-order valence-electron chi connectivity index (χ2n) is 3.44. The molecule has 1 aromatic rings. The summed E-state index contributed by atoms with van der Waals surface area (Å²) in [5.41, 5.74) is 12.0. The predicted molar refractivity (Wildman–Crippen MR) is 64.5 cm³/mol. The highest BCUT2D eigenvalue weighted by Crippen LogP contribution is 2.15. The molecule has 0 fully saturated rings. The van der Waals surface area contributed by atoms with E-state index in [1.165, 1.54) is 0 Å². The molecule has 5 N–H and O–H groups in total. The minimum Gasteiger partial charge on any atom is -0.384 e. The zero-order chi connectivity index (χ0) is 12.1. The number of primary amides is 1. The van der Waals surface area contributed by atoms with Gasteiger partial charge in [-0.3, -0.25) is 10.2 Å². The summed E-state index contributed by atoms with van der Waals surface area (Å²) in [6.07, 6.45) is 0. The summed E-state index contributed by atoms with van der Waals surface area (Å²) in [7, 11) is 0. The van der Waals surface area contributed by atoms with E-state index in [1.807, 2.05) is 17.9 Å². The van der Waals surface area contributed by atoms with Crippen LogP contribution >= 0.6 is 0 Å². The Hall–Kier alpha value is -2.04. The molecule has 0 aliphatic rings. The maximum absolute atomic E-state index is 10.9. The van der Waals surface area contributed by atoms with E-state index in [-0.39, 0.29) is 18.3 Å². The summed E-state index contributed by atoms with van der Waals surface area (Å²) in [5.74, 6) is -0.368. The lowest BCUT2D eigenvalue weighted by Gasteiger charge is -2.21. The number of anilines is 1. The van der Waals surface area contributed by atoms with Crippen molar-refractivity contribution in [2.24, 2.45) is 11.5 Å². The summed E-state index contributed by atoms with van der Waals surface area (Å²) < 4.78 is 0. The number of benzene rings is 1. The van der Waals surface area contributed by atoms with Gasteiger partial charge >= 0.3 is 0 Å². The number of nitrogens with zero attached hydrogens (tertiary/aromatic N) is 1. The Morgan fingerprint density at radius 2 is 2.12 bits per heavy atom. The van der Waals surface area contributed by atoms with E-state index in [1.54, 1.807) is 18.2 Å². The minimum absolute atomic E-state index is 0.0111. The summed E-state index contributed by atoms with van der Waals surface area (Å²) in [6.45, 7) is 2.77. The van der Waals surface area contributed by atoms with E-state index in [9.17, 15) is 4.79 Å². The lowest BCUT2D eigenvalue weighted by Crippen LogP contribution is -2.33. The van der Waals surface area contributed by atoms with Crippen molar-refractivity contribution in [3.05, 3.63) is 29.8 Å². The van der Waals surface area contributed by atoms with Crippen LogP contribution in [0.5, 0.6) is 0 Å². The van der Waals surface area contributed by atoms with Crippen LogP contribution in [-0.4, -0.2) is 24.8 Å². The molecule has 1 aromatic carbocycles. The van der Waals surface area contributed by atoms with E-state index in [4.69, 9.17) is 16.9 Å². The number of carbonyl (C=O) groups is 1. The standard InChI is InChI=1S/C11H16N4O/c1-2-15(7-10(12)16)9-5-3-4-8(6-9)11(13)14/h3-6H,2,7H2,1H3,(H2,12,16)(H3,13,14). The van der Waals surface area contributed by atoms with Crippen LogP contribution in [0.15, 0.2) is 24.3 Å². The molecular weight excluding hydrogens is 204 g/mol. The third kappa shape index (κ3) is 2.98. The molecule has 0 heterocycles. The average molecular weight is 220 g/mol. The van der Waals surface area contributed by atoms with Crippen molar-refractivity contribution >= 4 is 17.4 Å². The summed E-state index contributed by atoms with van der Waals surface area (Å²) >= 11 is 0. The van der Waals surface area contributed by atoms with Crippen LogP contribution in [0.4, 0.5) is 5.69 Å². The van der Waals surface area contributed by atoms with Crippen molar-refractivity contribution in [2.45, 2.75) is 6.92 Å². The fourth-order valence-corrected chi connectivity index (χ4v) is 1.44. The average Bonchev–Trinajstić information content (AvgIpc) is 2.25. The van der Waals surface area contributed by atoms with Gasteiger partial charge in [0.05, 0.1) is 6.54 Å². The smallest absolute Gasteiger partial charge is 0.236 e. The van der Waals surface area contributed by atoms with Gasteiger partial charge in [-0.15, -0.1) is 0 Å². The van der Waals surface area contributed by atoms with E-state index >= 15 is 0 Å². The van der Waals surface area contributed by atoms with Crippen molar-refractivity contribution in [2.75, 3.05) is 18.0 Å². The van der Waals surface area contributed by atoms with Gasteiger partial charge in [0, 0.05) is 17.8 Å². The molecule has 16 heavy (non-hydrogen) atoms. The topological polar surface area (TPSA) is 96.2 Å². The first-order chi connectivity index (χ1) is 7.54. The first kappa shape index (κ1) is 12.0. The Morgan fingerprint density at radius 3 is 2.62 bits per heavy atom. The van der Waals surface area contributed by atoms with Gasteiger partial charge in [0.25, 0.3) is 0 Å². The monoisotopic (exact) mass is 220 g/mol. The van der Waals surface area contributed by atoms with Gasteiger partial charge in [0.15, 0.2) is 0 Å². The highest BCUT2D eigenvalue weighted by molar-refractivity contribution is 5.96. The molecule has 0 spiro atoms. The summed E-state index contributed by atoms with van der Waals surface area (Å²) in [4.78, 5) is 12.7. The molecule has 86 valence electrons. The molecule has 0 bridgehead atoms. The Morgan fingerprint density at radius 1 is 1.44 bits per heavy atom. The molecule has 5 heteroatoms. The van der Waals surface area contributed by atoms with Crippen LogP contribution in [0.25, 0.3) is 0 Å². The Balaban J connectivity index is 2.96. The molecule has 0 aliphatic carbocycles. The number of hydrogen-bond acceptors (Lipinski definition) is 3. The van der Waals surface area contributed by atoms with Crippen LogP contribution in [0.3, 0.4) is 0 Å². The molecule has 0 saturated carbocycles. The molecule has 0 unspecified atom stereocenters. The first-order valence-electron chi connectivity index (χ1n) is 5.02. The number of amidine groups is 1. The zero-order valence-electron chi connectivity index (χ0n) is 9.23. The van der Waals surface area contributed by atoms with Gasteiger partial charge in [0.2, 0.25) is 5.91 Å². The normalized spacial score (nSPS) is 9.81. The highest BCUT2D eigenvalue weighted by atomic mass is 16.1. The molecule has 0 aromatic heterocycles. The van der Waals surface area contributed by atoms with E-state index < -0.39 is 0 Å². The SMILES string of the molecule is CCN(CC(N)=O)c1cccc(C(=N)N)c1. The van der Waals surface area contributed by atoms with Gasteiger partial charge < -0.3 is 16.4 Å². The predicted octanol–water partition coefficient (Wildman–Crippen LogP) is 0.282. The largest absolute Gasteiger partial charge is 0.384 e. The van der Waals surface area contributed by atoms with E-state index in [0.29, 0.717) is 12.1 Å². The van der Waals surface area contributed by atoms with Crippen LogP contribution in [0, 0.1) is 5.41 Å². The van der Waals surface area contributed by atoms with Gasteiger partial charge in [0.1, 0.15) is 5.84 Å². The molecule has 0 aliphatic heterocycles. The van der Waals surface area contributed by atoms with Crippen molar-refractivity contribution in [1.82, 2.24) is 0 Å². The van der Waals surface area contributed by atoms with Crippen LogP contribution in [0.1, 0.15) is 12.5 Å². The molecule has 0 saturated heterocycles. The molecule has 1 rings (SSSR count). The fraction of sp³-hybridized carbons (Fsp3) is 0.273. The number of nitrogen functional groups attached to an aromatic ring is 1. The number of nitrogens with one attached hydrogen (secondary N) is 1. The van der Waals surface area contributed by atoms with Crippen molar-refractivity contribution in [1.29, 1.82) is 5.41 Å². The Kier molecular flexibility index (Phi) is 3.88. The number of carbonyl (C=O) groups excluding carboxylic acids is 1. The summed E-state index contributed by atoms with van der Waals surface area (Å²) in [6, 6.07) is 7.19. The van der Waals surface area contributed by atoms with Crippen molar-refractivity contribution < 1.29 is 4.79 Å². The quantitative estimate of drug-likeness (QED) is 0.491. The third-order valence-electron chi connectivity index (χ3n) is 2.25. The molecular formula is C11H16N4O. The summed E-state index contributed by atoms with van der Waals surface area (Å²) in [5, 5.41) is 7.34. The van der Waals surface area contributed by atoms with Crippen LogP contribution in [-0.2, 0) is 4.79 Å². The molecule has 1 amide bonds. The molecule has 5 nitrogen and oxygen atoms in total. The van der Waals surface area contributed by atoms with Crippen LogP contribution < -0.4 is 16.4 Å². The number of rotatable bonds is 5. The minimum atomic E-state index is -0.380. The Bertz CT molecular complexity index is 403. The second-order valence-corrected chi connectivity index (χ2v) is 3.44. The van der Waals surface area contributed by atoms with Gasteiger partial charge in [-0.1, -0.05) is 12.1 Å². The zero-order valence-corrected chi connectivity index (χ0v) is 9.23. The second kappa shape index (κ2) is 5.16. The van der Waals surface area contributed by atoms with E-state index in [2.05, 4.69) is 0 Å². The van der Waals surface area contributed by atoms with Gasteiger partial charge in [-0.2, -0.15) is 0 Å². The lowest BCUT2D eigenvalue weighted by molar-refractivity contribution is -0.116. The van der Waals surface area contributed by atoms with Crippen LogP contribution in [0.2, 0.25) is 0 Å². The maximum Gasteiger partial charge on any atom is 0.236 e. The van der Waals surface area contributed by atoms with Crippen molar-refractivity contribution in [3.8, 4) is 0 Å². The van der Waals surface area contributed by atoms with Gasteiger partial charge in [-0.05, 0) is 19.1 Å².